The van der Waals surface area contributed by atoms with Crippen molar-refractivity contribution in [2.24, 2.45) is 10.9 Å². The van der Waals surface area contributed by atoms with E-state index in [9.17, 15) is 4.79 Å². The van der Waals surface area contributed by atoms with Crippen molar-refractivity contribution in [1.82, 2.24) is 10.6 Å². The Bertz CT molecular complexity index is 320. The lowest BCUT2D eigenvalue weighted by Crippen LogP contribution is -2.45. The molecule has 20 heavy (non-hydrogen) atoms. The van der Waals surface area contributed by atoms with E-state index in [0.29, 0.717) is 17.9 Å². The van der Waals surface area contributed by atoms with E-state index in [0.717, 1.165) is 12.8 Å². The van der Waals surface area contributed by atoms with E-state index in [1.54, 1.807) is 7.05 Å². The maximum atomic E-state index is 11.6. The molecule has 0 heterocycles. The summed E-state index contributed by atoms with van der Waals surface area (Å²) in [5, 5.41) is 6.25. The highest BCUT2D eigenvalue weighted by Crippen LogP contribution is 2.07. The average molecular weight is 285 g/mol. The van der Waals surface area contributed by atoms with Crippen LogP contribution in [0.5, 0.6) is 0 Å². The summed E-state index contributed by atoms with van der Waals surface area (Å²) >= 11 is 0. The van der Waals surface area contributed by atoms with Crippen molar-refractivity contribution in [2.45, 2.75) is 66.0 Å². The number of ether oxygens (including phenoxy) is 1. The van der Waals surface area contributed by atoms with Gasteiger partial charge in [0.15, 0.2) is 5.96 Å². The van der Waals surface area contributed by atoms with Crippen molar-refractivity contribution >= 4 is 11.9 Å². The Balaban J connectivity index is 4.08. The maximum absolute atomic E-state index is 11.6. The molecule has 0 aromatic carbocycles. The third-order valence-corrected chi connectivity index (χ3v) is 2.60. The van der Waals surface area contributed by atoms with Crippen LogP contribution >= 0.6 is 0 Å². The fraction of sp³-hybridized carbons (Fsp3) is 0.867. The lowest BCUT2D eigenvalue weighted by molar-refractivity contribution is -0.153. The first kappa shape index (κ1) is 18.7. The Hall–Kier alpha value is -1.26. The third-order valence-electron chi connectivity index (χ3n) is 2.60. The molecular formula is C15H31N3O2. The normalized spacial score (nSPS) is 14.1. The van der Waals surface area contributed by atoms with Gasteiger partial charge in [0.05, 0.1) is 0 Å². The molecule has 0 saturated carbocycles. The largest absolute Gasteiger partial charge is 0.459 e. The number of aliphatic imine (C=N–C) groups is 1. The van der Waals surface area contributed by atoms with E-state index >= 15 is 0 Å². The predicted octanol–water partition coefficient (Wildman–Crippen LogP) is 2.32. The Morgan fingerprint density at radius 2 is 1.80 bits per heavy atom. The summed E-state index contributed by atoms with van der Waals surface area (Å²) in [6, 6.07) is 0.322. The van der Waals surface area contributed by atoms with E-state index in [4.69, 9.17) is 4.74 Å². The number of guanidine groups is 1. The topological polar surface area (TPSA) is 62.7 Å². The molecule has 5 nitrogen and oxygen atoms in total. The lowest BCUT2D eigenvalue weighted by Gasteiger charge is -2.21. The molecule has 0 aliphatic rings. The molecular weight excluding hydrogens is 254 g/mol. The van der Waals surface area contributed by atoms with Crippen LogP contribution in [-0.2, 0) is 9.53 Å². The second-order valence-electron chi connectivity index (χ2n) is 6.53. The van der Waals surface area contributed by atoms with Crippen LogP contribution in [-0.4, -0.2) is 37.2 Å². The van der Waals surface area contributed by atoms with Crippen molar-refractivity contribution in [2.75, 3.05) is 13.6 Å². The van der Waals surface area contributed by atoms with E-state index in [1.165, 1.54) is 0 Å². The van der Waals surface area contributed by atoms with Gasteiger partial charge in [-0.3, -0.25) is 9.79 Å². The Morgan fingerprint density at radius 3 is 2.25 bits per heavy atom. The zero-order valence-corrected chi connectivity index (χ0v) is 14.0. The van der Waals surface area contributed by atoms with Crippen LogP contribution < -0.4 is 10.6 Å². The first-order chi connectivity index (χ1) is 9.14. The van der Waals surface area contributed by atoms with Gasteiger partial charge in [-0.1, -0.05) is 13.8 Å². The molecule has 0 saturated heterocycles. The van der Waals surface area contributed by atoms with Crippen LogP contribution in [0.15, 0.2) is 4.99 Å². The van der Waals surface area contributed by atoms with Crippen LogP contribution in [0.2, 0.25) is 0 Å². The predicted molar refractivity (Wildman–Crippen MR) is 83.9 cm³/mol. The molecule has 0 radical (unpaired) electrons. The average Bonchev–Trinajstić information content (AvgIpc) is 2.29. The number of hydrogen-bond acceptors (Lipinski definition) is 3. The number of nitrogens with zero attached hydrogens (tertiary/aromatic N) is 1. The Labute approximate surface area is 123 Å². The van der Waals surface area contributed by atoms with Crippen LogP contribution in [0.3, 0.4) is 0 Å². The van der Waals surface area contributed by atoms with E-state index in [2.05, 4.69) is 36.4 Å². The van der Waals surface area contributed by atoms with Gasteiger partial charge in [-0.05, 0) is 46.5 Å². The van der Waals surface area contributed by atoms with Gasteiger partial charge in [0.1, 0.15) is 12.1 Å². The van der Waals surface area contributed by atoms with Crippen molar-refractivity contribution in [3.8, 4) is 0 Å². The lowest BCUT2D eigenvalue weighted by atomic mass is 10.0. The molecule has 0 bridgehead atoms. The van der Waals surface area contributed by atoms with Crippen molar-refractivity contribution < 1.29 is 9.53 Å². The van der Waals surface area contributed by atoms with Gasteiger partial charge in [0, 0.05) is 13.1 Å². The number of esters is 1. The SMILES string of the molecule is CN=C(NCC(=O)OC(C)(C)C)NC(C)CCC(C)C. The zero-order chi connectivity index (χ0) is 15.8. The number of nitrogens with one attached hydrogen (secondary N) is 2. The van der Waals surface area contributed by atoms with Gasteiger partial charge in [-0.25, -0.2) is 0 Å². The van der Waals surface area contributed by atoms with Crippen molar-refractivity contribution in [3.63, 3.8) is 0 Å². The van der Waals surface area contributed by atoms with E-state index < -0.39 is 5.60 Å². The zero-order valence-electron chi connectivity index (χ0n) is 14.0. The molecule has 5 heteroatoms. The quantitative estimate of drug-likeness (QED) is 0.446. The molecule has 0 fully saturated rings. The molecule has 1 atom stereocenters. The number of rotatable bonds is 6. The summed E-state index contributed by atoms with van der Waals surface area (Å²) in [4.78, 5) is 15.7. The van der Waals surface area contributed by atoms with Crippen LogP contribution in [0.1, 0.15) is 54.4 Å². The fourth-order valence-electron chi connectivity index (χ4n) is 1.62. The standard InChI is InChI=1S/C15H31N3O2/c1-11(2)8-9-12(3)18-14(16-7)17-10-13(19)20-15(4,5)6/h11-12H,8-10H2,1-7H3,(H2,16,17,18). The van der Waals surface area contributed by atoms with Gasteiger partial charge >= 0.3 is 5.97 Å². The summed E-state index contributed by atoms with van der Waals surface area (Å²) in [5.41, 5.74) is -0.458. The third kappa shape index (κ3) is 10.6. The van der Waals surface area contributed by atoms with Gasteiger partial charge < -0.3 is 15.4 Å². The minimum absolute atomic E-state index is 0.119. The highest BCUT2D eigenvalue weighted by molar-refractivity contribution is 5.84. The summed E-state index contributed by atoms with van der Waals surface area (Å²) in [6.07, 6.45) is 2.24. The second kappa shape index (κ2) is 8.82. The minimum Gasteiger partial charge on any atom is -0.459 e. The van der Waals surface area contributed by atoms with Gasteiger partial charge in [0.2, 0.25) is 0 Å². The van der Waals surface area contributed by atoms with Crippen molar-refractivity contribution in [1.29, 1.82) is 0 Å². The summed E-state index contributed by atoms with van der Waals surface area (Å²) in [7, 11) is 1.69. The summed E-state index contributed by atoms with van der Waals surface area (Å²) in [6.45, 7) is 12.2. The first-order valence-corrected chi connectivity index (χ1v) is 7.33. The van der Waals surface area contributed by atoms with Crippen LogP contribution in [0.25, 0.3) is 0 Å². The molecule has 2 N–H and O–H groups in total. The summed E-state index contributed by atoms with van der Waals surface area (Å²) in [5.74, 6) is 1.04. The van der Waals surface area contributed by atoms with Gasteiger partial charge in [-0.2, -0.15) is 0 Å². The molecule has 0 aromatic rings. The van der Waals surface area contributed by atoms with Gasteiger partial charge in [-0.15, -0.1) is 0 Å². The number of carbonyl (C=O) groups is 1. The maximum Gasteiger partial charge on any atom is 0.325 e. The van der Waals surface area contributed by atoms with Gasteiger partial charge in [0.25, 0.3) is 0 Å². The molecule has 0 aromatic heterocycles. The molecule has 118 valence electrons. The Morgan fingerprint density at radius 1 is 1.20 bits per heavy atom. The molecule has 0 aliphatic carbocycles. The Kier molecular flexibility index (Phi) is 8.26. The number of carbonyl (C=O) groups excluding carboxylic acids is 1. The molecule has 0 amide bonds. The van der Waals surface area contributed by atoms with Crippen molar-refractivity contribution in [3.05, 3.63) is 0 Å². The molecule has 0 rings (SSSR count). The molecule has 1 unspecified atom stereocenters. The van der Waals surface area contributed by atoms with E-state index in [-0.39, 0.29) is 12.5 Å². The number of hydrogen-bond donors (Lipinski definition) is 2. The fourth-order valence-corrected chi connectivity index (χ4v) is 1.62. The second-order valence-corrected chi connectivity index (χ2v) is 6.53. The molecule has 0 aliphatic heterocycles. The summed E-state index contributed by atoms with van der Waals surface area (Å²) < 4.78 is 5.23. The monoisotopic (exact) mass is 285 g/mol. The highest BCUT2D eigenvalue weighted by Gasteiger charge is 2.16. The van der Waals surface area contributed by atoms with Crippen LogP contribution in [0.4, 0.5) is 0 Å². The minimum atomic E-state index is -0.458. The molecule has 0 spiro atoms. The van der Waals surface area contributed by atoms with E-state index in [1.807, 2.05) is 20.8 Å². The first-order valence-electron chi connectivity index (χ1n) is 7.33. The highest BCUT2D eigenvalue weighted by atomic mass is 16.6. The smallest absolute Gasteiger partial charge is 0.325 e. The van der Waals surface area contributed by atoms with Crippen LogP contribution in [0, 0.1) is 5.92 Å².